The zero-order valence-corrected chi connectivity index (χ0v) is 11.0. The average molecular weight is 300 g/mol. The Labute approximate surface area is 98.4 Å². The molecular weight excluding hydrogens is 279 g/mol. The van der Waals surface area contributed by atoms with E-state index in [9.17, 15) is 0 Å². The second-order valence-electron chi connectivity index (χ2n) is 3.46. The average Bonchev–Trinajstić information content (AvgIpc) is 2.51. The molecule has 0 amide bonds. The third kappa shape index (κ3) is 4.13. The van der Waals surface area contributed by atoms with E-state index in [1.807, 2.05) is 0 Å². The molecular formula is C10H21IO2. The molecule has 2 nitrogen and oxygen atoms in total. The van der Waals surface area contributed by atoms with Gasteiger partial charge in [0.15, 0.2) is 5.79 Å². The summed E-state index contributed by atoms with van der Waals surface area (Å²) < 4.78 is 11.3. The lowest BCUT2D eigenvalue weighted by Crippen LogP contribution is -2.29. The Balaban J connectivity index is 0.00000144. The normalized spacial score (nSPS) is 19.8. The first kappa shape index (κ1) is 13.7. The van der Waals surface area contributed by atoms with Crippen molar-refractivity contribution in [3.63, 3.8) is 0 Å². The van der Waals surface area contributed by atoms with E-state index >= 15 is 0 Å². The van der Waals surface area contributed by atoms with Gasteiger partial charge in [0.25, 0.3) is 0 Å². The molecule has 3 heteroatoms. The molecule has 1 heterocycles. The van der Waals surface area contributed by atoms with Crippen LogP contribution in [0, 0.1) is 0 Å². The first-order chi connectivity index (χ1) is 5.83. The molecule has 0 aromatic rings. The summed E-state index contributed by atoms with van der Waals surface area (Å²) in [4.78, 5) is 0. The SMILES string of the molecule is CCCCC1(CCC)OCCO1.I. The summed E-state index contributed by atoms with van der Waals surface area (Å²) in [7, 11) is 0. The number of ether oxygens (including phenoxy) is 2. The van der Waals surface area contributed by atoms with Gasteiger partial charge in [-0.05, 0) is 6.42 Å². The maximum atomic E-state index is 5.66. The molecule has 80 valence electrons. The molecule has 0 bridgehead atoms. The fourth-order valence-corrected chi connectivity index (χ4v) is 1.74. The van der Waals surface area contributed by atoms with E-state index in [1.165, 1.54) is 12.8 Å². The Morgan fingerprint density at radius 1 is 1.00 bits per heavy atom. The topological polar surface area (TPSA) is 18.5 Å². The van der Waals surface area contributed by atoms with Crippen LogP contribution in [0.15, 0.2) is 0 Å². The molecule has 1 fully saturated rings. The Morgan fingerprint density at radius 2 is 1.62 bits per heavy atom. The zero-order valence-electron chi connectivity index (χ0n) is 8.67. The second-order valence-corrected chi connectivity index (χ2v) is 3.46. The smallest absolute Gasteiger partial charge is 0.168 e. The molecule has 1 saturated heterocycles. The summed E-state index contributed by atoms with van der Waals surface area (Å²) in [5, 5.41) is 0. The van der Waals surface area contributed by atoms with Crippen LogP contribution in [-0.2, 0) is 9.47 Å². The number of hydrogen-bond donors (Lipinski definition) is 0. The zero-order chi connectivity index (χ0) is 8.86. The number of hydrogen-bond acceptors (Lipinski definition) is 2. The lowest BCUT2D eigenvalue weighted by Gasteiger charge is -2.26. The van der Waals surface area contributed by atoms with Gasteiger partial charge < -0.3 is 9.47 Å². The summed E-state index contributed by atoms with van der Waals surface area (Å²) in [6.45, 7) is 5.95. The van der Waals surface area contributed by atoms with Crippen LogP contribution >= 0.6 is 24.0 Å². The first-order valence-corrected chi connectivity index (χ1v) is 5.11. The molecule has 1 rings (SSSR count). The van der Waals surface area contributed by atoms with Gasteiger partial charge >= 0.3 is 0 Å². The molecule has 0 unspecified atom stereocenters. The third-order valence-electron chi connectivity index (χ3n) is 2.36. The Bertz CT molecular complexity index is 122. The van der Waals surface area contributed by atoms with Crippen LogP contribution in [-0.4, -0.2) is 19.0 Å². The van der Waals surface area contributed by atoms with E-state index in [0.717, 1.165) is 32.5 Å². The number of unbranched alkanes of at least 4 members (excludes halogenated alkanes) is 1. The minimum atomic E-state index is -0.204. The monoisotopic (exact) mass is 300 g/mol. The van der Waals surface area contributed by atoms with E-state index < -0.39 is 0 Å². The first-order valence-electron chi connectivity index (χ1n) is 5.11. The van der Waals surface area contributed by atoms with Crippen molar-refractivity contribution in [2.24, 2.45) is 0 Å². The van der Waals surface area contributed by atoms with Crippen LogP contribution in [0.5, 0.6) is 0 Å². The lowest BCUT2D eigenvalue weighted by atomic mass is 10.0. The van der Waals surface area contributed by atoms with Crippen LogP contribution in [0.4, 0.5) is 0 Å². The molecule has 0 spiro atoms. The van der Waals surface area contributed by atoms with Crippen molar-refractivity contribution in [1.29, 1.82) is 0 Å². The van der Waals surface area contributed by atoms with Crippen LogP contribution in [0.2, 0.25) is 0 Å². The van der Waals surface area contributed by atoms with Gasteiger partial charge in [-0.3, -0.25) is 0 Å². The third-order valence-corrected chi connectivity index (χ3v) is 2.36. The minimum Gasteiger partial charge on any atom is -0.348 e. The molecule has 0 radical (unpaired) electrons. The van der Waals surface area contributed by atoms with E-state index in [1.54, 1.807) is 0 Å². The van der Waals surface area contributed by atoms with E-state index in [4.69, 9.17) is 9.47 Å². The molecule has 0 aromatic heterocycles. The molecule has 0 saturated carbocycles. The molecule has 0 N–H and O–H groups in total. The molecule has 0 atom stereocenters. The fraction of sp³-hybridized carbons (Fsp3) is 1.00. The fourth-order valence-electron chi connectivity index (χ4n) is 1.74. The predicted molar refractivity (Wildman–Crippen MR) is 64.5 cm³/mol. The Kier molecular flexibility index (Phi) is 7.36. The van der Waals surface area contributed by atoms with Gasteiger partial charge in [0, 0.05) is 12.8 Å². The van der Waals surface area contributed by atoms with Crippen molar-refractivity contribution in [3.8, 4) is 0 Å². The maximum Gasteiger partial charge on any atom is 0.168 e. The van der Waals surface area contributed by atoms with Crippen molar-refractivity contribution < 1.29 is 9.47 Å². The van der Waals surface area contributed by atoms with Crippen LogP contribution in [0.25, 0.3) is 0 Å². The minimum absolute atomic E-state index is 0. The highest BCUT2D eigenvalue weighted by Gasteiger charge is 2.34. The summed E-state index contributed by atoms with van der Waals surface area (Å²) >= 11 is 0. The van der Waals surface area contributed by atoms with E-state index in [2.05, 4.69) is 13.8 Å². The standard InChI is InChI=1S/C10H20O2.HI/c1-3-5-7-10(6-4-2)11-8-9-12-10;/h3-9H2,1-2H3;1H. The van der Waals surface area contributed by atoms with E-state index in [-0.39, 0.29) is 29.8 Å². The number of halogens is 1. The molecule has 13 heavy (non-hydrogen) atoms. The van der Waals surface area contributed by atoms with Crippen LogP contribution in [0.1, 0.15) is 46.0 Å². The lowest BCUT2D eigenvalue weighted by molar-refractivity contribution is -0.167. The molecule has 1 aliphatic heterocycles. The summed E-state index contributed by atoms with van der Waals surface area (Å²) in [6.07, 6.45) is 5.69. The Hall–Kier alpha value is 0.650. The highest BCUT2D eigenvalue weighted by molar-refractivity contribution is 14.0. The second kappa shape index (κ2) is 7.01. The highest BCUT2D eigenvalue weighted by atomic mass is 127. The number of rotatable bonds is 5. The van der Waals surface area contributed by atoms with Crippen molar-refractivity contribution in [2.45, 2.75) is 51.7 Å². The van der Waals surface area contributed by atoms with Gasteiger partial charge in [0.05, 0.1) is 13.2 Å². The van der Waals surface area contributed by atoms with Crippen molar-refractivity contribution in [1.82, 2.24) is 0 Å². The quantitative estimate of drug-likeness (QED) is 0.725. The molecule has 0 aromatic carbocycles. The van der Waals surface area contributed by atoms with Crippen molar-refractivity contribution in [3.05, 3.63) is 0 Å². The van der Waals surface area contributed by atoms with Gasteiger partial charge in [-0.2, -0.15) is 0 Å². The van der Waals surface area contributed by atoms with Gasteiger partial charge in [0.1, 0.15) is 0 Å². The van der Waals surface area contributed by atoms with Crippen molar-refractivity contribution in [2.75, 3.05) is 13.2 Å². The van der Waals surface area contributed by atoms with Gasteiger partial charge in [0.2, 0.25) is 0 Å². The molecule has 0 aliphatic carbocycles. The predicted octanol–water partition coefficient (Wildman–Crippen LogP) is 3.34. The van der Waals surface area contributed by atoms with Gasteiger partial charge in [-0.1, -0.05) is 26.7 Å². The highest BCUT2D eigenvalue weighted by Crippen LogP contribution is 2.30. The van der Waals surface area contributed by atoms with Crippen molar-refractivity contribution >= 4 is 24.0 Å². The van der Waals surface area contributed by atoms with Gasteiger partial charge in [-0.25, -0.2) is 0 Å². The maximum absolute atomic E-state index is 5.66. The summed E-state index contributed by atoms with van der Waals surface area (Å²) in [5.74, 6) is -0.204. The summed E-state index contributed by atoms with van der Waals surface area (Å²) in [5.41, 5.74) is 0. The van der Waals surface area contributed by atoms with Gasteiger partial charge in [-0.15, -0.1) is 24.0 Å². The van der Waals surface area contributed by atoms with E-state index in [0.29, 0.717) is 0 Å². The molecule has 1 aliphatic rings. The van der Waals surface area contributed by atoms with Crippen LogP contribution in [0.3, 0.4) is 0 Å². The summed E-state index contributed by atoms with van der Waals surface area (Å²) in [6, 6.07) is 0. The van der Waals surface area contributed by atoms with Crippen LogP contribution < -0.4 is 0 Å². The Morgan fingerprint density at radius 3 is 2.08 bits per heavy atom. The largest absolute Gasteiger partial charge is 0.348 e.